The molecule has 2 rings (SSSR count). The average Bonchev–Trinajstić information content (AvgIpc) is 2.58. The van der Waals surface area contributed by atoms with E-state index in [-0.39, 0.29) is 5.69 Å². The van der Waals surface area contributed by atoms with Crippen LogP contribution in [0.25, 0.3) is 11.0 Å². The van der Waals surface area contributed by atoms with Gasteiger partial charge in [0.1, 0.15) is 11.3 Å². The Morgan fingerprint density at radius 1 is 1.53 bits per heavy atom. The van der Waals surface area contributed by atoms with Crippen LogP contribution in [0.4, 0.5) is 5.69 Å². The number of nitrogens with one attached hydrogen (secondary N) is 1. The molecule has 0 spiro atoms. The van der Waals surface area contributed by atoms with Crippen molar-refractivity contribution in [2.45, 2.75) is 6.92 Å². The second-order valence-electron chi connectivity index (χ2n) is 3.13. The number of fused-ring (bicyclic) bond motifs is 1. The molecule has 0 amide bonds. The highest BCUT2D eigenvalue weighted by atomic mass is 16.6. The van der Waals surface area contributed by atoms with Crippen molar-refractivity contribution >= 4 is 23.0 Å². The van der Waals surface area contributed by atoms with E-state index in [2.05, 4.69) is 9.97 Å². The summed E-state index contributed by atoms with van der Waals surface area (Å²) in [7, 11) is 0. The van der Waals surface area contributed by atoms with Crippen LogP contribution in [0.5, 0.6) is 0 Å². The summed E-state index contributed by atoms with van der Waals surface area (Å²) < 4.78 is 0. The normalized spacial score (nSPS) is 10.5. The van der Waals surface area contributed by atoms with Gasteiger partial charge in [0.25, 0.3) is 5.69 Å². The quantitative estimate of drug-likeness (QED) is 0.458. The Labute approximate surface area is 84.1 Å². The highest BCUT2D eigenvalue weighted by Gasteiger charge is 2.14. The number of carbonyl (C=O) groups is 1. The van der Waals surface area contributed by atoms with Crippen molar-refractivity contribution in [2.24, 2.45) is 0 Å². The van der Waals surface area contributed by atoms with Gasteiger partial charge in [-0.05, 0) is 13.0 Å². The van der Waals surface area contributed by atoms with Gasteiger partial charge in [-0.15, -0.1) is 0 Å². The fraction of sp³-hybridized carbons (Fsp3) is 0.111. The first kappa shape index (κ1) is 9.32. The van der Waals surface area contributed by atoms with Gasteiger partial charge in [0, 0.05) is 11.5 Å². The molecule has 0 aliphatic rings. The first-order valence-electron chi connectivity index (χ1n) is 4.22. The van der Waals surface area contributed by atoms with Gasteiger partial charge < -0.3 is 4.98 Å². The van der Waals surface area contributed by atoms with Crippen molar-refractivity contribution in [2.75, 3.05) is 0 Å². The second kappa shape index (κ2) is 3.16. The molecular formula is C9H7N3O3. The summed E-state index contributed by atoms with van der Waals surface area (Å²) in [5.74, 6) is 0. The lowest BCUT2D eigenvalue weighted by atomic mass is 10.2. The first-order valence-corrected chi connectivity index (χ1v) is 4.22. The maximum atomic E-state index is 10.6. The maximum Gasteiger partial charge on any atom is 0.291 e. The molecule has 0 unspecified atom stereocenters. The van der Waals surface area contributed by atoms with Crippen LogP contribution in [-0.2, 0) is 0 Å². The summed E-state index contributed by atoms with van der Waals surface area (Å²) in [6.45, 7) is 1.55. The number of rotatable bonds is 2. The molecule has 0 saturated carbocycles. The molecule has 0 atom stereocenters. The lowest BCUT2D eigenvalue weighted by Gasteiger charge is -1.95. The standard InChI is InChI=1S/C9H7N3O3/c1-5-8(12(14)15)3-6-2-7(4-13)11-9(6)10-5/h2-4H,1H3,(H,10,11). The monoisotopic (exact) mass is 205 g/mol. The van der Waals surface area contributed by atoms with Gasteiger partial charge in [0.05, 0.1) is 10.6 Å². The lowest BCUT2D eigenvalue weighted by Crippen LogP contribution is -1.94. The molecule has 0 bridgehead atoms. The summed E-state index contributed by atoms with van der Waals surface area (Å²) in [6, 6.07) is 2.93. The number of hydrogen-bond acceptors (Lipinski definition) is 4. The Hall–Kier alpha value is -2.24. The zero-order chi connectivity index (χ0) is 11.0. The van der Waals surface area contributed by atoms with Gasteiger partial charge >= 0.3 is 0 Å². The van der Waals surface area contributed by atoms with E-state index in [1.54, 1.807) is 6.92 Å². The second-order valence-corrected chi connectivity index (χ2v) is 3.13. The number of nitrogens with zero attached hydrogens (tertiary/aromatic N) is 2. The van der Waals surface area contributed by atoms with E-state index in [1.165, 1.54) is 12.1 Å². The van der Waals surface area contributed by atoms with Crippen molar-refractivity contribution in [1.29, 1.82) is 0 Å². The topological polar surface area (TPSA) is 88.9 Å². The summed E-state index contributed by atoms with van der Waals surface area (Å²) in [5.41, 5.74) is 1.13. The van der Waals surface area contributed by atoms with Gasteiger partial charge in [-0.3, -0.25) is 14.9 Å². The Morgan fingerprint density at radius 3 is 2.87 bits per heavy atom. The van der Waals surface area contributed by atoms with E-state index in [0.29, 0.717) is 28.7 Å². The molecule has 2 aromatic heterocycles. The van der Waals surface area contributed by atoms with Crippen LogP contribution in [0.3, 0.4) is 0 Å². The number of nitro groups is 1. The van der Waals surface area contributed by atoms with Crippen LogP contribution >= 0.6 is 0 Å². The Bertz CT molecular complexity index is 559. The molecule has 6 nitrogen and oxygen atoms in total. The van der Waals surface area contributed by atoms with Crippen LogP contribution in [0.15, 0.2) is 12.1 Å². The van der Waals surface area contributed by atoms with E-state index >= 15 is 0 Å². The zero-order valence-electron chi connectivity index (χ0n) is 7.85. The smallest absolute Gasteiger partial charge is 0.291 e. The fourth-order valence-electron chi connectivity index (χ4n) is 1.41. The van der Waals surface area contributed by atoms with Crippen molar-refractivity contribution < 1.29 is 9.72 Å². The molecule has 0 aliphatic carbocycles. The molecule has 0 aliphatic heterocycles. The van der Waals surface area contributed by atoms with Crippen molar-refractivity contribution in [1.82, 2.24) is 9.97 Å². The molecule has 6 heteroatoms. The highest BCUT2D eigenvalue weighted by molar-refractivity contribution is 5.87. The SMILES string of the molecule is Cc1nc2[nH]c(C=O)cc2cc1[N+](=O)[O-]. The van der Waals surface area contributed by atoms with E-state index < -0.39 is 4.92 Å². The molecule has 0 saturated heterocycles. The number of hydrogen-bond donors (Lipinski definition) is 1. The molecule has 15 heavy (non-hydrogen) atoms. The lowest BCUT2D eigenvalue weighted by molar-refractivity contribution is -0.385. The molecule has 1 N–H and O–H groups in total. The van der Waals surface area contributed by atoms with Gasteiger partial charge in [-0.2, -0.15) is 0 Å². The van der Waals surface area contributed by atoms with E-state index in [0.717, 1.165) is 0 Å². The third kappa shape index (κ3) is 1.45. The largest absolute Gasteiger partial charge is 0.337 e. The third-order valence-corrected chi connectivity index (χ3v) is 2.11. The van der Waals surface area contributed by atoms with Crippen LogP contribution in [0.2, 0.25) is 0 Å². The molecule has 2 heterocycles. The third-order valence-electron chi connectivity index (χ3n) is 2.11. The highest BCUT2D eigenvalue weighted by Crippen LogP contribution is 2.22. The molecular weight excluding hydrogens is 198 g/mol. The minimum absolute atomic E-state index is 0.0426. The predicted octanol–water partition coefficient (Wildman–Crippen LogP) is 1.59. The molecule has 0 fully saturated rings. The van der Waals surface area contributed by atoms with E-state index in [1.807, 2.05) is 0 Å². The predicted molar refractivity (Wildman–Crippen MR) is 52.9 cm³/mol. The molecule has 0 radical (unpaired) electrons. The number of aryl methyl sites for hydroxylation is 1. The van der Waals surface area contributed by atoms with Crippen LogP contribution in [0, 0.1) is 17.0 Å². The minimum Gasteiger partial charge on any atom is -0.337 e. The Balaban J connectivity index is 2.73. The van der Waals surface area contributed by atoms with Crippen molar-refractivity contribution in [3.63, 3.8) is 0 Å². The molecule has 0 aromatic carbocycles. The number of pyridine rings is 1. The Morgan fingerprint density at radius 2 is 2.27 bits per heavy atom. The van der Waals surface area contributed by atoms with Gasteiger partial charge in [0.15, 0.2) is 6.29 Å². The van der Waals surface area contributed by atoms with Crippen LogP contribution in [0.1, 0.15) is 16.2 Å². The zero-order valence-corrected chi connectivity index (χ0v) is 7.85. The average molecular weight is 205 g/mol. The van der Waals surface area contributed by atoms with Crippen molar-refractivity contribution in [3.05, 3.63) is 33.6 Å². The number of aromatic nitrogens is 2. The first-order chi connectivity index (χ1) is 7.11. The van der Waals surface area contributed by atoms with Gasteiger partial charge in [0.2, 0.25) is 0 Å². The summed E-state index contributed by atoms with van der Waals surface area (Å²) in [5, 5.41) is 11.2. The maximum absolute atomic E-state index is 10.6. The molecule has 2 aromatic rings. The van der Waals surface area contributed by atoms with E-state index in [4.69, 9.17) is 0 Å². The minimum atomic E-state index is -0.491. The summed E-state index contributed by atoms with van der Waals surface area (Å²) in [6.07, 6.45) is 0.642. The van der Waals surface area contributed by atoms with Crippen molar-refractivity contribution in [3.8, 4) is 0 Å². The number of H-pyrrole nitrogens is 1. The summed E-state index contributed by atoms with van der Waals surface area (Å²) >= 11 is 0. The number of aromatic amines is 1. The number of aldehydes is 1. The van der Waals surface area contributed by atoms with Crippen LogP contribution < -0.4 is 0 Å². The van der Waals surface area contributed by atoms with Gasteiger partial charge in [-0.25, -0.2) is 4.98 Å². The number of carbonyl (C=O) groups excluding carboxylic acids is 1. The van der Waals surface area contributed by atoms with Crippen LogP contribution in [-0.4, -0.2) is 21.2 Å². The van der Waals surface area contributed by atoms with E-state index in [9.17, 15) is 14.9 Å². The Kier molecular flexibility index (Phi) is 1.96. The van der Waals surface area contributed by atoms with Gasteiger partial charge in [-0.1, -0.05) is 0 Å². The summed E-state index contributed by atoms with van der Waals surface area (Å²) in [4.78, 5) is 27.4. The molecule has 76 valence electrons. The fourth-order valence-corrected chi connectivity index (χ4v) is 1.41.